The molecule has 146 valence electrons. The highest BCUT2D eigenvalue weighted by Gasteiger charge is 2.39. The van der Waals surface area contributed by atoms with Crippen molar-refractivity contribution >= 4 is 5.97 Å². The first kappa shape index (κ1) is 22.4. The summed E-state index contributed by atoms with van der Waals surface area (Å²) in [5, 5.41) is 40.7. The Balaban J connectivity index is 3.12. The van der Waals surface area contributed by atoms with Crippen LogP contribution in [-0.2, 0) is 4.79 Å². The third-order valence-corrected chi connectivity index (χ3v) is 4.95. The van der Waals surface area contributed by atoms with Gasteiger partial charge in [-0.3, -0.25) is 4.79 Å². The third kappa shape index (κ3) is 6.56. The van der Waals surface area contributed by atoms with Crippen molar-refractivity contribution in [2.24, 2.45) is 5.41 Å². The molecule has 0 aromatic rings. The minimum atomic E-state index is -1.17. The number of aliphatic hydroxyl groups excluding tert-OH is 3. The van der Waals surface area contributed by atoms with E-state index in [0.29, 0.717) is 12.0 Å². The second-order valence-corrected chi connectivity index (χ2v) is 7.04. The predicted octanol–water partition coefficient (Wildman–Crippen LogP) is 3.13. The van der Waals surface area contributed by atoms with Crippen LogP contribution in [0.1, 0.15) is 52.4 Å². The van der Waals surface area contributed by atoms with E-state index < -0.39 is 29.7 Å². The van der Waals surface area contributed by atoms with E-state index in [0.717, 1.165) is 12.8 Å². The van der Waals surface area contributed by atoms with Gasteiger partial charge in [0.05, 0.1) is 12.2 Å². The van der Waals surface area contributed by atoms with Crippen LogP contribution in [0.2, 0.25) is 0 Å². The van der Waals surface area contributed by atoms with Gasteiger partial charge in [0.1, 0.15) is 6.10 Å². The maximum atomic E-state index is 10.8. The number of carboxylic acids is 1. The van der Waals surface area contributed by atoms with Crippen molar-refractivity contribution in [2.45, 2.75) is 70.7 Å². The lowest BCUT2D eigenvalue weighted by Gasteiger charge is -2.39. The second kappa shape index (κ2) is 11.1. The van der Waals surface area contributed by atoms with Gasteiger partial charge in [0.2, 0.25) is 0 Å². The molecule has 0 saturated heterocycles. The Labute approximate surface area is 156 Å². The molecule has 1 rings (SSSR count). The number of rotatable bonds is 9. The van der Waals surface area contributed by atoms with Crippen LogP contribution in [0.15, 0.2) is 48.1 Å². The summed E-state index contributed by atoms with van der Waals surface area (Å²) >= 11 is 0. The van der Waals surface area contributed by atoms with Gasteiger partial charge in [-0.15, -0.1) is 0 Å². The van der Waals surface area contributed by atoms with Gasteiger partial charge < -0.3 is 20.4 Å². The first-order valence-corrected chi connectivity index (χ1v) is 9.31. The Kier molecular flexibility index (Phi) is 9.55. The Hall–Kier alpha value is -1.69. The Morgan fingerprint density at radius 2 is 1.81 bits per heavy atom. The number of carbonyl (C=O) groups is 1. The molecule has 0 unspecified atom stereocenters. The van der Waals surface area contributed by atoms with Crippen molar-refractivity contribution in [1.29, 1.82) is 0 Å². The van der Waals surface area contributed by atoms with Crippen molar-refractivity contribution < 1.29 is 25.2 Å². The molecule has 1 aliphatic carbocycles. The number of aliphatic carboxylic acids is 1. The summed E-state index contributed by atoms with van der Waals surface area (Å²) in [5.74, 6) is -0.923. The lowest BCUT2D eigenvalue weighted by atomic mass is 9.69. The van der Waals surface area contributed by atoms with Crippen LogP contribution in [0.4, 0.5) is 0 Å². The van der Waals surface area contributed by atoms with Gasteiger partial charge in [-0.25, -0.2) is 0 Å². The first-order chi connectivity index (χ1) is 12.3. The molecule has 0 radical (unpaired) electrons. The predicted molar refractivity (Wildman–Crippen MR) is 103 cm³/mol. The molecule has 0 heterocycles. The van der Waals surface area contributed by atoms with Crippen LogP contribution < -0.4 is 0 Å². The first-order valence-electron chi connectivity index (χ1n) is 9.31. The van der Waals surface area contributed by atoms with Crippen LogP contribution >= 0.6 is 0 Å². The number of allylic oxidation sites excluding steroid dienone is 6. The number of aliphatic hydroxyl groups is 3. The Morgan fingerprint density at radius 3 is 2.46 bits per heavy atom. The van der Waals surface area contributed by atoms with Crippen LogP contribution in [0.3, 0.4) is 0 Å². The van der Waals surface area contributed by atoms with Gasteiger partial charge in [0.25, 0.3) is 0 Å². The summed E-state index contributed by atoms with van der Waals surface area (Å²) in [6.45, 7) is 3.96. The average molecular weight is 364 g/mol. The summed E-state index contributed by atoms with van der Waals surface area (Å²) in [5.41, 5.74) is -0.160. The lowest BCUT2D eigenvalue weighted by molar-refractivity contribution is -0.137. The van der Waals surface area contributed by atoms with E-state index >= 15 is 0 Å². The third-order valence-electron chi connectivity index (χ3n) is 4.95. The largest absolute Gasteiger partial charge is 0.481 e. The van der Waals surface area contributed by atoms with Gasteiger partial charge >= 0.3 is 5.97 Å². The SMILES string of the molecule is CCCC[C@]1(C)\C([C@@H](O)[C@@H](O)CCCC(=O)O)=C/C=C/C=C\C=C\[C@@H]1O. The molecule has 4 atom stereocenters. The van der Waals surface area contributed by atoms with Crippen molar-refractivity contribution in [3.8, 4) is 0 Å². The van der Waals surface area contributed by atoms with E-state index in [1.54, 1.807) is 24.3 Å². The zero-order chi connectivity index (χ0) is 19.6. The molecule has 0 aromatic carbocycles. The minimum absolute atomic E-state index is 0.0496. The summed E-state index contributed by atoms with van der Waals surface area (Å²) in [4.78, 5) is 10.7. The molecule has 0 aromatic heterocycles. The summed E-state index contributed by atoms with van der Waals surface area (Å²) in [6.07, 6.45) is 12.4. The molecule has 0 bridgehead atoms. The Bertz CT molecular complexity index is 561. The van der Waals surface area contributed by atoms with Crippen LogP contribution in [0, 0.1) is 5.41 Å². The summed E-state index contributed by atoms with van der Waals surface area (Å²) in [6, 6.07) is 0. The topological polar surface area (TPSA) is 98.0 Å². The van der Waals surface area contributed by atoms with E-state index in [1.807, 2.05) is 25.2 Å². The highest BCUT2D eigenvalue weighted by molar-refractivity contribution is 5.66. The second-order valence-electron chi connectivity index (χ2n) is 7.04. The molecule has 0 spiro atoms. The van der Waals surface area contributed by atoms with E-state index in [4.69, 9.17) is 5.11 Å². The molecule has 0 aliphatic heterocycles. The van der Waals surface area contributed by atoms with Gasteiger partial charge in [0.15, 0.2) is 0 Å². The fraction of sp³-hybridized carbons (Fsp3) is 0.571. The highest BCUT2D eigenvalue weighted by atomic mass is 16.4. The van der Waals surface area contributed by atoms with E-state index in [-0.39, 0.29) is 19.3 Å². The zero-order valence-electron chi connectivity index (χ0n) is 15.7. The molecule has 0 amide bonds. The van der Waals surface area contributed by atoms with Crippen LogP contribution in [-0.4, -0.2) is 44.7 Å². The standard InChI is InChI=1S/C21H32O5/c1-3-4-15-21(2)16(11-8-6-5-7-9-13-18(21)23)20(26)17(22)12-10-14-19(24)25/h5-9,11,13,17-18,20,22-23,26H,3-4,10,12,14-15H2,1-2H3,(H,24,25)/b7-5-,8-6+,13-9+,16-11-/t17-,18-,20+,21+/m0/s1. The van der Waals surface area contributed by atoms with Crippen LogP contribution in [0.25, 0.3) is 0 Å². The van der Waals surface area contributed by atoms with Crippen molar-refractivity contribution in [1.82, 2.24) is 0 Å². The monoisotopic (exact) mass is 364 g/mol. The molecular weight excluding hydrogens is 332 g/mol. The lowest BCUT2D eigenvalue weighted by Crippen LogP contribution is -2.41. The fourth-order valence-electron chi connectivity index (χ4n) is 3.19. The smallest absolute Gasteiger partial charge is 0.303 e. The molecule has 26 heavy (non-hydrogen) atoms. The number of hydrogen-bond donors (Lipinski definition) is 4. The van der Waals surface area contributed by atoms with E-state index in [1.165, 1.54) is 0 Å². The fourth-order valence-corrected chi connectivity index (χ4v) is 3.19. The normalized spacial score (nSPS) is 31.3. The molecule has 5 nitrogen and oxygen atoms in total. The van der Waals surface area contributed by atoms with Crippen molar-refractivity contribution in [3.63, 3.8) is 0 Å². The summed E-state index contributed by atoms with van der Waals surface area (Å²) < 4.78 is 0. The quantitative estimate of drug-likeness (QED) is 0.504. The van der Waals surface area contributed by atoms with E-state index in [2.05, 4.69) is 6.92 Å². The number of unbranched alkanes of at least 4 members (excludes halogenated alkanes) is 1. The molecule has 5 heteroatoms. The van der Waals surface area contributed by atoms with Gasteiger partial charge in [-0.2, -0.15) is 0 Å². The average Bonchev–Trinajstić information content (AvgIpc) is 2.60. The Morgan fingerprint density at radius 1 is 1.15 bits per heavy atom. The molecule has 1 aliphatic rings. The van der Waals surface area contributed by atoms with Crippen molar-refractivity contribution in [3.05, 3.63) is 48.1 Å². The van der Waals surface area contributed by atoms with E-state index in [9.17, 15) is 20.1 Å². The molecular formula is C21H32O5. The molecule has 0 fully saturated rings. The number of carboxylic acid groups (broad SMARTS) is 1. The van der Waals surface area contributed by atoms with Gasteiger partial charge in [-0.05, 0) is 24.8 Å². The molecule has 0 saturated carbocycles. The van der Waals surface area contributed by atoms with Gasteiger partial charge in [-0.1, -0.05) is 69.2 Å². The number of hydrogen-bond acceptors (Lipinski definition) is 4. The van der Waals surface area contributed by atoms with Crippen molar-refractivity contribution in [2.75, 3.05) is 0 Å². The molecule has 4 N–H and O–H groups in total. The maximum Gasteiger partial charge on any atom is 0.303 e. The van der Waals surface area contributed by atoms with Gasteiger partial charge in [0, 0.05) is 11.8 Å². The highest BCUT2D eigenvalue weighted by Crippen LogP contribution is 2.40. The zero-order valence-corrected chi connectivity index (χ0v) is 15.7. The summed E-state index contributed by atoms with van der Waals surface area (Å²) in [7, 11) is 0. The minimum Gasteiger partial charge on any atom is -0.481 e. The maximum absolute atomic E-state index is 10.8. The van der Waals surface area contributed by atoms with Crippen LogP contribution in [0.5, 0.6) is 0 Å².